The SMILES string of the molecule is CCOc1cc(C(=O)N(C2CC2)C2CCc3ccccc32)ccc1OC. The molecule has 0 aliphatic heterocycles. The summed E-state index contributed by atoms with van der Waals surface area (Å²) in [6.07, 6.45) is 4.25. The smallest absolute Gasteiger partial charge is 0.254 e. The predicted octanol–water partition coefficient (Wildman–Crippen LogP) is 4.39. The summed E-state index contributed by atoms with van der Waals surface area (Å²) in [5.41, 5.74) is 3.36. The fraction of sp³-hybridized carbons (Fsp3) is 0.409. The molecule has 1 unspecified atom stereocenters. The van der Waals surface area contributed by atoms with Crippen LogP contribution >= 0.6 is 0 Å². The van der Waals surface area contributed by atoms with E-state index < -0.39 is 0 Å². The molecule has 2 aliphatic carbocycles. The van der Waals surface area contributed by atoms with E-state index in [4.69, 9.17) is 9.47 Å². The average Bonchev–Trinajstić information content (AvgIpc) is 3.42. The number of benzene rings is 2. The highest BCUT2D eigenvalue weighted by atomic mass is 16.5. The first-order valence-electron chi connectivity index (χ1n) is 9.44. The van der Waals surface area contributed by atoms with Gasteiger partial charge in [0, 0.05) is 11.6 Å². The Balaban J connectivity index is 1.66. The Morgan fingerprint density at radius 2 is 1.92 bits per heavy atom. The van der Waals surface area contributed by atoms with E-state index in [0.29, 0.717) is 29.7 Å². The van der Waals surface area contributed by atoms with Crippen molar-refractivity contribution >= 4 is 5.91 Å². The Labute approximate surface area is 154 Å². The number of nitrogens with zero attached hydrogens (tertiary/aromatic N) is 1. The molecule has 2 aliphatic rings. The molecule has 1 atom stereocenters. The van der Waals surface area contributed by atoms with Crippen molar-refractivity contribution in [2.45, 2.75) is 44.7 Å². The maximum atomic E-state index is 13.4. The van der Waals surface area contributed by atoms with Crippen LogP contribution in [0, 0.1) is 0 Å². The topological polar surface area (TPSA) is 38.8 Å². The summed E-state index contributed by atoms with van der Waals surface area (Å²) in [5, 5.41) is 0. The molecule has 26 heavy (non-hydrogen) atoms. The molecule has 2 aromatic carbocycles. The fourth-order valence-corrected chi connectivity index (χ4v) is 3.97. The first-order valence-corrected chi connectivity index (χ1v) is 9.44. The standard InChI is InChI=1S/C22H25NO3/c1-3-26-21-14-16(9-13-20(21)25-2)22(24)23(17-10-11-17)19-12-8-15-6-4-5-7-18(15)19/h4-7,9,13-14,17,19H,3,8,10-12H2,1-2H3. The Kier molecular flexibility index (Phi) is 4.58. The first kappa shape index (κ1) is 17.0. The number of ether oxygens (including phenoxy) is 2. The molecule has 0 N–H and O–H groups in total. The molecule has 1 saturated carbocycles. The molecule has 4 nitrogen and oxygen atoms in total. The molecule has 0 heterocycles. The molecule has 136 valence electrons. The number of carbonyl (C=O) groups excluding carboxylic acids is 1. The number of carbonyl (C=O) groups is 1. The molecule has 0 aromatic heterocycles. The van der Waals surface area contributed by atoms with Crippen molar-refractivity contribution in [3.05, 3.63) is 59.2 Å². The third-order valence-electron chi connectivity index (χ3n) is 5.32. The monoisotopic (exact) mass is 351 g/mol. The summed E-state index contributed by atoms with van der Waals surface area (Å²) in [5.74, 6) is 1.38. The third kappa shape index (κ3) is 3.05. The van der Waals surface area contributed by atoms with E-state index in [1.807, 2.05) is 25.1 Å². The zero-order valence-corrected chi connectivity index (χ0v) is 15.4. The van der Waals surface area contributed by atoms with Crippen molar-refractivity contribution in [3.8, 4) is 11.5 Å². The Hall–Kier alpha value is -2.49. The number of rotatable bonds is 6. The molecule has 4 rings (SSSR count). The zero-order chi connectivity index (χ0) is 18.1. The first-order chi connectivity index (χ1) is 12.7. The van der Waals surface area contributed by atoms with Gasteiger partial charge in [-0.25, -0.2) is 0 Å². The molecule has 1 fully saturated rings. The number of aryl methyl sites for hydroxylation is 1. The van der Waals surface area contributed by atoms with Crippen LogP contribution in [0.1, 0.15) is 53.7 Å². The van der Waals surface area contributed by atoms with Crippen LogP contribution in [-0.2, 0) is 6.42 Å². The molecular weight excluding hydrogens is 326 g/mol. The molecule has 0 spiro atoms. The summed E-state index contributed by atoms with van der Waals surface area (Å²) in [6, 6.07) is 14.6. The van der Waals surface area contributed by atoms with Gasteiger partial charge in [-0.05, 0) is 61.9 Å². The number of hydrogen-bond donors (Lipinski definition) is 0. The normalized spacial score (nSPS) is 18.3. The minimum absolute atomic E-state index is 0.0952. The van der Waals surface area contributed by atoms with E-state index in [0.717, 1.165) is 25.7 Å². The minimum atomic E-state index is 0.0952. The van der Waals surface area contributed by atoms with Crippen molar-refractivity contribution in [1.82, 2.24) is 4.90 Å². The Bertz CT molecular complexity index is 813. The minimum Gasteiger partial charge on any atom is -0.493 e. The van der Waals surface area contributed by atoms with E-state index in [2.05, 4.69) is 29.2 Å². The highest BCUT2D eigenvalue weighted by Gasteiger charge is 2.40. The molecule has 1 amide bonds. The van der Waals surface area contributed by atoms with Gasteiger partial charge in [0.25, 0.3) is 5.91 Å². The summed E-state index contributed by atoms with van der Waals surface area (Å²) in [7, 11) is 1.62. The second-order valence-corrected chi connectivity index (χ2v) is 7.00. The molecule has 0 bridgehead atoms. The lowest BCUT2D eigenvalue weighted by Gasteiger charge is -2.30. The van der Waals surface area contributed by atoms with Crippen LogP contribution < -0.4 is 9.47 Å². The lowest BCUT2D eigenvalue weighted by atomic mass is 10.0. The van der Waals surface area contributed by atoms with Crippen LogP contribution in [0.3, 0.4) is 0 Å². The Morgan fingerprint density at radius 1 is 1.12 bits per heavy atom. The van der Waals surface area contributed by atoms with Crippen LogP contribution in [0.2, 0.25) is 0 Å². The number of fused-ring (bicyclic) bond motifs is 1. The van der Waals surface area contributed by atoms with E-state index in [-0.39, 0.29) is 11.9 Å². The summed E-state index contributed by atoms with van der Waals surface area (Å²) in [6.45, 7) is 2.47. The molecule has 2 aromatic rings. The van der Waals surface area contributed by atoms with Gasteiger partial charge in [-0.2, -0.15) is 0 Å². The van der Waals surface area contributed by atoms with E-state index in [1.165, 1.54) is 11.1 Å². The van der Waals surface area contributed by atoms with Crippen molar-refractivity contribution in [1.29, 1.82) is 0 Å². The van der Waals surface area contributed by atoms with E-state index in [1.54, 1.807) is 7.11 Å². The zero-order valence-electron chi connectivity index (χ0n) is 15.4. The lowest BCUT2D eigenvalue weighted by Crippen LogP contribution is -2.36. The molecule has 0 saturated heterocycles. The van der Waals surface area contributed by atoms with Gasteiger partial charge in [0.05, 0.1) is 19.8 Å². The molecular formula is C22H25NO3. The van der Waals surface area contributed by atoms with Crippen molar-refractivity contribution in [2.75, 3.05) is 13.7 Å². The second kappa shape index (κ2) is 7.02. The number of hydrogen-bond acceptors (Lipinski definition) is 3. The average molecular weight is 351 g/mol. The van der Waals surface area contributed by atoms with Gasteiger partial charge < -0.3 is 14.4 Å². The van der Waals surface area contributed by atoms with Crippen molar-refractivity contribution < 1.29 is 14.3 Å². The quantitative estimate of drug-likeness (QED) is 0.775. The van der Waals surface area contributed by atoms with Crippen LogP contribution in [-0.4, -0.2) is 30.6 Å². The maximum Gasteiger partial charge on any atom is 0.254 e. The van der Waals surface area contributed by atoms with Gasteiger partial charge in [0.15, 0.2) is 11.5 Å². The highest BCUT2D eigenvalue weighted by molar-refractivity contribution is 5.95. The van der Waals surface area contributed by atoms with Gasteiger partial charge in [-0.1, -0.05) is 24.3 Å². The molecule has 0 radical (unpaired) electrons. The largest absolute Gasteiger partial charge is 0.493 e. The predicted molar refractivity (Wildman–Crippen MR) is 101 cm³/mol. The van der Waals surface area contributed by atoms with Gasteiger partial charge >= 0.3 is 0 Å². The third-order valence-corrected chi connectivity index (χ3v) is 5.32. The van der Waals surface area contributed by atoms with Gasteiger partial charge in [-0.15, -0.1) is 0 Å². The van der Waals surface area contributed by atoms with Crippen LogP contribution in [0.5, 0.6) is 11.5 Å². The van der Waals surface area contributed by atoms with Crippen molar-refractivity contribution in [2.24, 2.45) is 0 Å². The van der Waals surface area contributed by atoms with Crippen molar-refractivity contribution in [3.63, 3.8) is 0 Å². The van der Waals surface area contributed by atoms with Gasteiger partial charge in [-0.3, -0.25) is 4.79 Å². The lowest BCUT2D eigenvalue weighted by molar-refractivity contribution is 0.0657. The summed E-state index contributed by atoms with van der Waals surface area (Å²) in [4.78, 5) is 15.5. The van der Waals surface area contributed by atoms with Crippen LogP contribution in [0.25, 0.3) is 0 Å². The highest BCUT2D eigenvalue weighted by Crippen LogP contribution is 2.43. The van der Waals surface area contributed by atoms with Gasteiger partial charge in [0.1, 0.15) is 0 Å². The molecule has 4 heteroatoms. The fourth-order valence-electron chi connectivity index (χ4n) is 3.97. The van der Waals surface area contributed by atoms with E-state index >= 15 is 0 Å². The van der Waals surface area contributed by atoms with Crippen LogP contribution in [0.15, 0.2) is 42.5 Å². The second-order valence-electron chi connectivity index (χ2n) is 7.00. The van der Waals surface area contributed by atoms with E-state index in [9.17, 15) is 4.79 Å². The summed E-state index contributed by atoms with van der Waals surface area (Å²) >= 11 is 0. The number of amides is 1. The van der Waals surface area contributed by atoms with Gasteiger partial charge in [0.2, 0.25) is 0 Å². The van der Waals surface area contributed by atoms with Crippen LogP contribution in [0.4, 0.5) is 0 Å². The number of methoxy groups -OCH3 is 1. The maximum absolute atomic E-state index is 13.4. The summed E-state index contributed by atoms with van der Waals surface area (Å²) < 4.78 is 11.0. The Morgan fingerprint density at radius 3 is 2.65 bits per heavy atom.